The number of nitrogens with one attached hydrogen (secondary N) is 2. The number of methoxy groups -OCH3 is 1. The zero-order valence-corrected chi connectivity index (χ0v) is 15.9. The van der Waals surface area contributed by atoms with Crippen LogP contribution in [-0.4, -0.2) is 27.9 Å². The lowest BCUT2D eigenvalue weighted by Crippen LogP contribution is -2.11. The quantitative estimate of drug-likeness (QED) is 0.349. The molecule has 0 amide bonds. The van der Waals surface area contributed by atoms with Gasteiger partial charge in [0.2, 0.25) is 0 Å². The number of nitrogens with zero attached hydrogens (tertiary/aromatic N) is 2. The van der Waals surface area contributed by atoms with Gasteiger partial charge in [-0.1, -0.05) is 30.3 Å². The van der Waals surface area contributed by atoms with Gasteiger partial charge < -0.3 is 20.4 Å². The van der Waals surface area contributed by atoms with E-state index in [9.17, 15) is 0 Å². The van der Waals surface area contributed by atoms with Gasteiger partial charge in [0.25, 0.3) is 0 Å². The fourth-order valence-electron chi connectivity index (χ4n) is 3.47. The topological polar surface area (TPSA) is 92.1 Å². The first kappa shape index (κ1) is 17.9. The van der Waals surface area contributed by atoms with Crippen molar-refractivity contribution in [3.8, 4) is 17.0 Å². The summed E-state index contributed by atoms with van der Waals surface area (Å²) in [6, 6.07) is 15.9. The Labute approximate surface area is 163 Å². The molecule has 6 nitrogen and oxygen atoms in total. The van der Waals surface area contributed by atoms with Crippen LogP contribution in [0.2, 0.25) is 0 Å². The van der Waals surface area contributed by atoms with Crippen molar-refractivity contribution in [1.29, 1.82) is 0 Å². The van der Waals surface area contributed by atoms with Crippen molar-refractivity contribution in [2.45, 2.75) is 19.4 Å². The highest BCUT2D eigenvalue weighted by atomic mass is 16.5. The molecule has 0 saturated carbocycles. The number of amidine groups is 1. The maximum absolute atomic E-state index is 5.92. The van der Waals surface area contributed by atoms with Crippen molar-refractivity contribution >= 4 is 16.7 Å². The number of rotatable bonds is 6. The summed E-state index contributed by atoms with van der Waals surface area (Å²) in [5.74, 6) is 2.10. The molecule has 28 heavy (non-hydrogen) atoms. The van der Waals surface area contributed by atoms with Crippen LogP contribution < -0.4 is 10.5 Å². The predicted molar refractivity (Wildman–Crippen MR) is 113 cm³/mol. The number of aromatic nitrogens is 3. The summed E-state index contributed by atoms with van der Waals surface area (Å²) in [5.41, 5.74) is 10.1. The Morgan fingerprint density at radius 2 is 1.96 bits per heavy atom. The van der Waals surface area contributed by atoms with Crippen LogP contribution in [0.15, 0.2) is 65.9 Å². The minimum atomic E-state index is -0.201. The highest BCUT2D eigenvalue weighted by molar-refractivity contribution is 5.83. The predicted octanol–water partition coefficient (Wildman–Crippen LogP) is 4.23. The lowest BCUT2D eigenvalue weighted by Gasteiger charge is -2.11. The van der Waals surface area contributed by atoms with Crippen molar-refractivity contribution in [2.24, 2.45) is 10.7 Å². The molecule has 2 aromatic heterocycles. The molecule has 0 aliphatic rings. The van der Waals surface area contributed by atoms with E-state index < -0.39 is 0 Å². The van der Waals surface area contributed by atoms with Gasteiger partial charge in [0.15, 0.2) is 0 Å². The molecule has 1 unspecified atom stereocenters. The largest absolute Gasteiger partial charge is 0.496 e. The molecule has 0 spiro atoms. The van der Waals surface area contributed by atoms with Gasteiger partial charge in [-0.2, -0.15) is 0 Å². The molecule has 1 atom stereocenters. The minimum absolute atomic E-state index is 0.201. The summed E-state index contributed by atoms with van der Waals surface area (Å²) in [7, 11) is 1.66. The average molecular weight is 373 g/mol. The molecule has 4 rings (SSSR count). The average Bonchev–Trinajstić information content (AvgIpc) is 3.35. The summed E-state index contributed by atoms with van der Waals surface area (Å²) in [5, 5.41) is 1.19. The van der Waals surface area contributed by atoms with E-state index in [-0.39, 0.29) is 6.04 Å². The number of benzene rings is 2. The number of nitrogens with two attached hydrogens (primary N) is 1. The maximum atomic E-state index is 5.92. The second-order valence-electron chi connectivity index (χ2n) is 6.73. The van der Waals surface area contributed by atoms with Crippen LogP contribution in [0.1, 0.15) is 24.4 Å². The van der Waals surface area contributed by atoms with E-state index in [0.717, 1.165) is 28.3 Å². The van der Waals surface area contributed by atoms with E-state index in [0.29, 0.717) is 12.3 Å². The Bertz CT molecular complexity index is 1120. The van der Waals surface area contributed by atoms with E-state index >= 15 is 0 Å². The Morgan fingerprint density at radius 3 is 2.79 bits per heavy atom. The van der Waals surface area contributed by atoms with E-state index in [1.807, 2.05) is 48.8 Å². The second-order valence-corrected chi connectivity index (χ2v) is 6.73. The number of aliphatic imine (C=N–C) groups is 1. The molecule has 0 aliphatic carbocycles. The van der Waals surface area contributed by atoms with Gasteiger partial charge in [-0.25, -0.2) is 4.98 Å². The SMILES string of the molecule is COc1ccccc1-c1cnc(C(Cc2c[nH]c3ccccc23)N=C(C)N)[nH]1. The standard InChI is InChI=1S/C22H23N5O/c1-14(23)26-19(11-15-12-24-18-9-5-3-7-16(15)18)22-25-13-20(27-22)17-8-4-6-10-21(17)28-2/h3-10,12-13,19,24H,11H2,1-2H3,(H2,23,26)(H,25,27). The first-order chi connectivity index (χ1) is 13.7. The zero-order chi connectivity index (χ0) is 19.5. The first-order valence-electron chi connectivity index (χ1n) is 9.19. The van der Waals surface area contributed by atoms with E-state index in [2.05, 4.69) is 32.1 Å². The van der Waals surface area contributed by atoms with Crippen LogP contribution in [0.25, 0.3) is 22.2 Å². The van der Waals surface area contributed by atoms with Crippen molar-refractivity contribution < 1.29 is 4.74 Å². The van der Waals surface area contributed by atoms with Crippen molar-refractivity contribution in [3.63, 3.8) is 0 Å². The summed E-state index contributed by atoms with van der Waals surface area (Å²) < 4.78 is 5.47. The van der Waals surface area contributed by atoms with Gasteiger partial charge in [0, 0.05) is 29.1 Å². The Hall–Kier alpha value is -3.54. The van der Waals surface area contributed by atoms with Gasteiger partial charge in [0.1, 0.15) is 17.6 Å². The zero-order valence-electron chi connectivity index (χ0n) is 15.9. The highest BCUT2D eigenvalue weighted by Crippen LogP contribution is 2.31. The second kappa shape index (κ2) is 7.60. The number of hydrogen-bond acceptors (Lipinski definition) is 3. The van der Waals surface area contributed by atoms with Crippen LogP contribution in [0.5, 0.6) is 5.75 Å². The molecule has 4 aromatic rings. The molecular weight excluding hydrogens is 350 g/mol. The monoisotopic (exact) mass is 373 g/mol. The smallest absolute Gasteiger partial charge is 0.131 e. The van der Waals surface area contributed by atoms with Crippen molar-refractivity contribution in [1.82, 2.24) is 15.0 Å². The molecule has 0 saturated heterocycles. The van der Waals surface area contributed by atoms with Crippen LogP contribution in [0, 0.1) is 0 Å². The normalized spacial score (nSPS) is 13.0. The molecule has 142 valence electrons. The lowest BCUT2D eigenvalue weighted by atomic mass is 10.0. The minimum Gasteiger partial charge on any atom is -0.496 e. The highest BCUT2D eigenvalue weighted by Gasteiger charge is 2.18. The third kappa shape index (κ3) is 3.49. The van der Waals surface area contributed by atoms with E-state index in [4.69, 9.17) is 10.5 Å². The molecule has 0 aliphatic heterocycles. The Kier molecular flexibility index (Phi) is 4.85. The number of ether oxygens (including phenoxy) is 1. The number of H-pyrrole nitrogens is 2. The summed E-state index contributed by atoms with van der Waals surface area (Å²) >= 11 is 0. The number of fused-ring (bicyclic) bond motifs is 1. The molecule has 0 radical (unpaired) electrons. The Morgan fingerprint density at radius 1 is 1.18 bits per heavy atom. The number of para-hydroxylation sites is 2. The van der Waals surface area contributed by atoms with Gasteiger partial charge in [-0.15, -0.1) is 0 Å². The van der Waals surface area contributed by atoms with Crippen LogP contribution in [-0.2, 0) is 6.42 Å². The summed E-state index contributed by atoms with van der Waals surface area (Å²) in [6.07, 6.45) is 4.54. The lowest BCUT2D eigenvalue weighted by molar-refractivity contribution is 0.416. The first-order valence-corrected chi connectivity index (χ1v) is 9.19. The van der Waals surface area contributed by atoms with Crippen LogP contribution in [0.4, 0.5) is 0 Å². The van der Waals surface area contributed by atoms with Crippen LogP contribution in [0.3, 0.4) is 0 Å². The maximum Gasteiger partial charge on any atom is 0.131 e. The fourth-order valence-corrected chi connectivity index (χ4v) is 3.47. The number of hydrogen-bond donors (Lipinski definition) is 3. The molecule has 0 bridgehead atoms. The summed E-state index contributed by atoms with van der Waals surface area (Å²) in [6.45, 7) is 1.80. The van der Waals surface area contributed by atoms with Crippen molar-refractivity contribution in [2.75, 3.05) is 7.11 Å². The molecule has 2 aromatic carbocycles. The number of aromatic amines is 2. The Balaban J connectivity index is 1.69. The number of imidazole rings is 1. The third-order valence-corrected chi connectivity index (χ3v) is 4.76. The molecule has 4 N–H and O–H groups in total. The molecule has 2 heterocycles. The van der Waals surface area contributed by atoms with E-state index in [1.165, 1.54) is 10.9 Å². The molecular formula is C22H23N5O. The van der Waals surface area contributed by atoms with Gasteiger partial charge >= 0.3 is 0 Å². The molecule has 0 fully saturated rings. The van der Waals surface area contributed by atoms with Crippen LogP contribution >= 0.6 is 0 Å². The summed E-state index contributed by atoms with van der Waals surface area (Å²) in [4.78, 5) is 16.0. The van der Waals surface area contributed by atoms with Crippen molar-refractivity contribution in [3.05, 3.63) is 72.3 Å². The molecule has 6 heteroatoms. The van der Waals surface area contributed by atoms with E-state index in [1.54, 1.807) is 14.0 Å². The third-order valence-electron chi connectivity index (χ3n) is 4.76. The van der Waals surface area contributed by atoms with Gasteiger partial charge in [-0.05, 0) is 30.7 Å². The fraction of sp³-hybridized carbons (Fsp3) is 0.182. The van der Waals surface area contributed by atoms with Gasteiger partial charge in [0.05, 0.1) is 24.8 Å². The van der Waals surface area contributed by atoms with Gasteiger partial charge in [-0.3, -0.25) is 4.99 Å².